The quantitative estimate of drug-likeness (QED) is 0.0199. The Kier molecular flexibility index (Phi) is 96.9. The van der Waals surface area contributed by atoms with E-state index in [1.165, 1.54) is 18.2 Å². The predicted octanol–water partition coefficient (Wildman–Crippen LogP) is 2.87. The van der Waals surface area contributed by atoms with E-state index in [4.69, 9.17) is 75.5 Å². The molecule has 0 aromatic carbocycles. The van der Waals surface area contributed by atoms with Gasteiger partial charge in [0.1, 0.15) is 30.5 Å². The number of aldehydes is 2. The number of nitrogens with zero attached hydrogens (tertiary/aromatic N) is 4. The summed E-state index contributed by atoms with van der Waals surface area (Å²) in [6.07, 6.45) is 22.1. The molecule has 7 heterocycles. The van der Waals surface area contributed by atoms with Gasteiger partial charge in [-0.1, -0.05) is 135 Å². The Morgan fingerprint density at radius 1 is 0.475 bits per heavy atom. The minimum atomic E-state index is -1.43. The van der Waals surface area contributed by atoms with E-state index in [0.29, 0.717) is 106 Å². The second-order valence-electron chi connectivity index (χ2n) is 26.7. The lowest BCUT2D eigenvalue weighted by Crippen LogP contribution is -2.49. The van der Waals surface area contributed by atoms with Gasteiger partial charge in [0.25, 0.3) is 0 Å². The molecule has 11 atom stereocenters. The van der Waals surface area contributed by atoms with Crippen LogP contribution in [0.25, 0.3) is 0 Å². The number of likely N-dealkylation sites (tertiary alicyclic amines) is 2. The molecular weight excluding hydrogens is 1700 g/mol. The number of esters is 2. The number of nitrogens with one attached hydrogen (secondary N) is 1. The number of unbranched alkanes of at least 4 members (excludes halogenated alkanes) is 2. The average Bonchev–Trinajstić information content (AvgIpc) is 1.67. The van der Waals surface area contributed by atoms with Gasteiger partial charge in [0.05, 0.1) is 25.3 Å². The SMILES string of the molecule is C1COCCN1.CCCC1=CC(=O)N(C(CC)C(N)=O)C1.CCCC1=CC(=O)N([C@@H](CC)C(N)=O)C1O.CCCC1=CC(=O)OC1O.CCCC1=CC(=O)OC1O.CCCC1CC(=O)N(C(CC)C(N)=O)C1.CCCC1CC(=O)N([C@@H](CC)C(N)=O)C1.CCCCC=O.CC[C@H](N)C(N)=O.CC[C@H](N)C(N)=O.Cl.O.O=CC(=O)O.S.S.S.S.S.S. The highest BCUT2D eigenvalue weighted by molar-refractivity contribution is 7.60. The van der Waals surface area contributed by atoms with Crippen LogP contribution >= 0.6 is 93.4 Å². The molecule has 0 spiro atoms. The normalized spacial score (nSPS) is 18.5. The number of cyclic esters (lactones) is 2. The van der Waals surface area contributed by atoms with Gasteiger partial charge in [-0.2, -0.15) is 81.0 Å². The maximum absolute atomic E-state index is 11.7. The molecule has 706 valence electrons. The van der Waals surface area contributed by atoms with Crippen molar-refractivity contribution < 1.29 is 112 Å². The lowest BCUT2D eigenvalue weighted by Gasteiger charge is -2.28. The molecule has 43 heteroatoms. The lowest BCUT2D eigenvalue weighted by molar-refractivity contribution is -0.152. The van der Waals surface area contributed by atoms with E-state index in [2.05, 4.69) is 42.5 Å². The minimum Gasteiger partial charge on any atom is -0.476 e. The Balaban J connectivity index is -0.000000108. The second-order valence-corrected chi connectivity index (χ2v) is 26.7. The van der Waals surface area contributed by atoms with Crippen molar-refractivity contribution in [2.75, 3.05) is 45.9 Å². The standard InChI is InChI=1S/C11H18N2O3.2C11H20N2O2.C11H18N2O2.2C7H10O3.C5H10O.2C4H10N2O.C4H9NO.C2H2O3.ClH.H2O.6H2S/c1-3-5-7-6-9(14)13(11(7)16)8(4-2)10(12)15;3*1-3-5-8-6-10(14)13(7-8)9(4-2)11(12)15;2*1-2-3-5-4-6(8)10-7(5)9;1-2-3-4-5-6;2*1-2-3(5)4(6)7;1-3-6-4-2-5-1;3-1-2(4)5;;;;;;;;/h6,8,11,16H,3-5H2,1-2H3,(H2,12,15);2*8-9H,3-7H2,1-2H3,(H2,12,15);6,9H,3-5,7H2,1-2H3,(H2,12,15);2*4,7,9H,2-3H2,1H3;5H,2-4H2,1H3;2*3H,2,5H2,1H3,(H2,6,7);5H,1-4H2;1H,(H,4,5);1H;7*1H2/t8-,11?;8?,9-;;;;;;2*3-;;;;;;;;;;/m00.....00........../s1. The van der Waals surface area contributed by atoms with Gasteiger partial charge < -0.3 is 111 Å². The van der Waals surface area contributed by atoms with E-state index >= 15 is 0 Å². The number of carboxylic acid groups (broad SMARTS) is 1. The second kappa shape index (κ2) is 83.4. The summed E-state index contributed by atoms with van der Waals surface area (Å²) >= 11 is 0. The number of carbonyl (C=O) groups is 15. The summed E-state index contributed by atoms with van der Waals surface area (Å²) in [5, 5.41) is 38.4. The molecule has 7 unspecified atom stereocenters. The number of carbonyl (C=O) groups excluding carboxylic acids is 14. The molecule has 3 fully saturated rings. The van der Waals surface area contributed by atoms with Crippen LogP contribution in [-0.2, 0) is 86.1 Å². The maximum atomic E-state index is 11.7. The van der Waals surface area contributed by atoms with Crippen molar-refractivity contribution in [2.45, 2.75) is 293 Å². The van der Waals surface area contributed by atoms with E-state index in [1.54, 1.807) is 27.7 Å². The third kappa shape index (κ3) is 60.1. The molecule has 7 aliphatic heterocycles. The van der Waals surface area contributed by atoms with Crippen molar-refractivity contribution in [1.82, 2.24) is 24.9 Å². The monoisotopic (exact) mass is 1850 g/mol. The number of halogens is 1. The van der Waals surface area contributed by atoms with Crippen molar-refractivity contribution in [3.05, 3.63) is 46.6 Å². The van der Waals surface area contributed by atoms with Crippen LogP contribution in [0.5, 0.6) is 0 Å². The molecule has 0 radical (unpaired) electrons. The fourth-order valence-electron chi connectivity index (χ4n) is 11.5. The molecule has 0 aromatic rings. The van der Waals surface area contributed by atoms with Crippen molar-refractivity contribution in [3.8, 4) is 0 Å². The highest BCUT2D eigenvalue weighted by Gasteiger charge is 2.39. The third-order valence-corrected chi connectivity index (χ3v) is 17.5. The molecule has 10 amide bonds. The zero-order valence-electron chi connectivity index (χ0n) is 72.5. The zero-order chi connectivity index (χ0) is 86.8. The number of amides is 10. The minimum absolute atomic E-state index is 0. The number of ether oxygens (including phenoxy) is 3. The fourth-order valence-corrected chi connectivity index (χ4v) is 11.5. The number of carboxylic acids is 1. The summed E-state index contributed by atoms with van der Waals surface area (Å²) in [5.41, 5.74) is 44.0. The molecule has 0 bridgehead atoms. The summed E-state index contributed by atoms with van der Waals surface area (Å²) < 4.78 is 13.9. The smallest absolute Gasteiger partial charge is 0.368 e. The van der Waals surface area contributed by atoms with Gasteiger partial charge in [-0.15, -0.1) is 12.4 Å². The summed E-state index contributed by atoms with van der Waals surface area (Å²) in [5.74, 6) is -4.35. The van der Waals surface area contributed by atoms with Gasteiger partial charge in [0.2, 0.25) is 77.9 Å². The Morgan fingerprint density at radius 3 is 1.04 bits per heavy atom. The van der Waals surface area contributed by atoms with Gasteiger partial charge in [-0.05, 0) is 106 Å². The van der Waals surface area contributed by atoms with Gasteiger partial charge >= 0.3 is 17.9 Å². The van der Waals surface area contributed by atoms with Gasteiger partial charge in [0, 0.05) is 87.4 Å². The Morgan fingerprint density at radius 2 is 0.817 bits per heavy atom. The summed E-state index contributed by atoms with van der Waals surface area (Å²) in [6.45, 7) is 31.1. The van der Waals surface area contributed by atoms with Crippen molar-refractivity contribution in [3.63, 3.8) is 0 Å². The fraction of sp³-hybridized carbons (Fsp3) is 0.701. The Hall–Kier alpha value is -6.52. The van der Waals surface area contributed by atoms with E-state index in [-0.39, 0.29) is 141 Å². The van der Waals surface area contributed by atoms with E-state index < -0.39 is 96.6 Å². The molecule has 0 saturated carbocycles. The third-order valence-electron chi connectivity index (χ3n) is 17.5. The average molecular weight is 1860 g/mol. The first-order valence-electron chi connectivity index (χ1n) is 39.0. The molecule has 0 aliphatic carbocycles. The van der Waals surface area contributed by atoms with Crippen molar-refractivity contribution >= 4 is 183 Å². The van der Waals surface area contributed by atoms with Crippen molar-refractivity contribution in [1.29, 1.82) is 0 Å². The van der Waals surface area contributed by atoms with Gasteiger partial charge in [-0.3, -0.25) is 57.6 Å². The number of primary amides is 6. The predicted molar refractivity (Wildman–Crippen MR) is 494 cm³/mol. The topological polar surface area (TPSA) is 629 Å². The van der Waals surface area contributed by atoms with Crippen LogP contribution in [0.4, 0.5) is 0 Å². The molecule has 120 heavy (non-hydrogen) atoms. The number of hydrogen-bond donors (Lipinski definition) is 13. The summed E-state index contributed by atoms with van der Waals surface area (Å²) in [6, 6.07) is -2.91. The number of morpholine rings is 1. The Labute approximate surface area is 758 Å². The number of aliphatic hydroxyl groups is 3. The first-order valence-corrected chi connectivity index (χ1v) is 39.0. The van der Waals surface area contributed by atoms with Crippen LogP contribution in [0.1, 0.15) is 238 Å². The number of rotatable bonds is 32. The molecule has 3 saturated heterocycles. The molecule has 36 nitrogen and oxygen atoms in total. The first-order chi connectivity index (χ1) is 52.8. The summed E-state index contributed by atoms with van der Waals surface area (Å²) in [7, 11) is 0. The Bertz CT molecular complexity index is 2910. The van der Waals surface area contributed by atoms with Crippen molar-refractivity contribution in [2.24, 2.45) is 57.7 Å². The maximum Gasteiger partial charge on any atom is 0.368 e. The largest absolute Gasteiger partial charge is 0.476 e. The van der Waals surface area contributed by atoms with E-state index in [9.17, 15) is 67.4 Å². The zero-order valence-corrected chi connectivity index (χ0v) is 79.3. The van der Waals surface area contributed by atoms with Gasteiger partial charge in [-0.25, -0.2) is 14.4 Å². The van der Waals surface area contributed by atoms with Crippen LogP contribution in [0.2, 0.25) is 0 Å². The highest BCUT2D eigenvalue weighted by atomic mass is 35.5. The molecule has 0 aromatic heterocycles. The number of aliphatic hydroxyl groups excluding tert-OH is 3. The molecular formula is C77H152ClN13O23S6. The van der Waals surface area contributed by atoms with Gasteiger partial charge in [0.15, 0.2) is 6.23 Å². The molecule has 7 aliphatic rings. The number of hydrogen-bond acceptors (Lipinski definition) is 24. The summed E-state index contributed by atoms with van der Waals surface area (Å²) in [4.78, 5) is 166. The van der Waals surface area contributed by atoms with Crippen LogP contribution < -0.4 is 51.2 Å². The lowest BCUT2D eigenvalue weighted by atomic mass is 10.0. The first kappa shape index (κ1) is 139. The van der Waals surface area contributed by atoms with E-state index in [1.807, 2.05) is 55.4 Å². The van der Waals surface area contributed by atoms with Crippen LogP contribution in [-0.4, -0.2) is 236 Å². The molecule has 23 N–H and O–H groups in total. The number of aliphatic carboxylic acids is 1. The highest BCUT2D eigenvalue weighted by Crippen LogP contribution is 2.28. The van der Waals surface area contributed by atoms with E-state index in [0.717, 1.165) is 133 Å². The van der Waals surface area contributed by atoms with Crippen LogP contribution in [0.3, 0.4) is 0 Å². The van der Waals surface area contributed by atoms with Crippen LogP contribution in [0.15, 0.2) is 46.6 Å². The van der Waals surface area contributed by atoms with Crippen LogP contribution in [0, 0.1) is 11.8 Å². The number of nitrogens with two attached hydrogens (primary N) is 8. The molecule has 7 rings (SSSR count).